The summed E-state index contributed by atoms with van der Waals surface area (Å²) in [4.78, 5) is 14.6. The van der Waals surface area contributed by atoms with Gasteiger partial charge in [-0.3, -0.25) is 10.1 Å². The number of likely N-dealkylation sites (tertiary alicyclic amines) is 1. The van der Waals surface area contributed by atoms with Crippen LogP contribution in [0.25, 0.3) is 0 Å². The summed E-state index contributed by atoms with van der Waals surface area (Å²) in [7, 11) is 0. The first-order valence-electron chi connectivity index (χ1n) is 7.40. The number of primary amides is 1. The molecule has 1 unspecified atom stereocenters. The van der Waals surface area contributed by atoms with Gasteiger partial charge in [-0.2, -0.15) is 0 Å². The normalized spacial score (nSPS) is 19.1. The van der Waals surface area contributed by atoms with Crippen LogP contribution in [-0.2, 0) is 10.3 Å². The molecule has 1 fully saturated rings. The van der Waals surface area contributed by atoms with E-state index < -0.39 is 5.54 Å². The molecule has 0 spiro atoms. The van der Waals surface area contributed by atoms with Crippen LogP contribution in [0.5, 0.6) is 0 Å². The van der Waals surface area contributed by atoms with E-state index in [-0.39, 0.29) is 11.9 Å². The Morgan fingerprint density at radius 2 is 1.90 bits per heavy atom. The fourth-order valence-corrected chi connectivity index (χ4v) is 3.00. The molecule has 20 heavy (non-hydrogen) atoms. The SMILES string of the molecule is CC(C)NC(CN1CCCC1)(C(N)=O)c1ccccc1. The molecule has 1 saturated heterocycles. The lowest BCUT2D eigenvalue weighted by atomic mass is 9.87. The Labute approximate surface area is 121 Å². The molecular formula is C16H25N3O. The van der Waals surface area contributed by atoms with Crippen molar-refractivity contribution >= 4 is 5.91 Å². The van der Waals surface area contributed by atoms with E-state index in [0.717, 1.165) is 18.7 Å². The van der Waals surface area contributed by atoms with E-state index in [4.69, 9.17) is 5.73 Å². The molecule has 3 N–H and O–H groups in total. The van der Waals surface area contributed by atoms with Crippen LogP contribution >= 0.6 is 0 Å². The molecule has 0 radical (unpaired) electrons. The van der Waals surface area contributed by atoms with Gasteiger partial charge >= 0.3 is 0 Å². The zero-order valence-corrected chi connectivity index (χ0v) is 12.4. The van der Waals surface area contributed by atoms with Gasteiger partial charge in [0.05, 0.1) is 0 Å². The third-order valence-electron chi connectivity index (χ3n) is 3.88. The third kappa shape index (κ3) is 3.19. The minimum atomic E-state index is -0.806. The van der Waals surface area contributed by atoms with Gasteiger partial charge in [-0.15, -0.1) is 0 Å². The van der Waals surface area contributed by atoms with Crippen molar-refractivity contribution in [2.45, 2.75) is 38.3 Å². The predicted molar refractivity (Wildman–Crippen MR) is 81.3 cm³/mol. The summed E-state index contributed by atoms with van der Waals surface area (Å²) < 4.78 is 0. The van der Waals surface area contributed by atoms with Crippen LogP contribution in [0.2, 0.25) is 0 Å². The van der Waals surface area contributed by atoms with Gasteiger partial charge in [0.1, 0.15) is 5.54 Å². The highest BCUT2D eigenvalue weighted by atomic mass is 16.1. The maximum atomic E-state index is 12.3. The molecule has 1 aliphatic heterocycles. The summed E-state index contributed by atoms with van der Waals surface area (Å²) in [6.07, 6.45) is 2.40. The molecule has 1 amide bonds. The van der Waals surface area contributed by atoms with Crippen LogP contribution in [0.15, 0.2) is 30.3 Å². The van der Waals surface area contributed by atoms with Gasteiger partial charge in [0, 0.05) is 12.6 Å². The molecule has 1 atom stereocenters. The number of hydrogen-bond acceptors (Lipinski definition) is 3. The minimum absolute atomic E-state index is 0.185. The van der Waals surface area contributed by atoms with Gasteiger partial charge in [-0.25, -0.2) is 0 Å². The molecule has 2 rings (SSSR count). The first-order valence-corrected chi connectivity index (χ1v) is 7.40. The summed E-state index contributed by atoms with van der Waals surface area (Å²) in [6, 6.07) is 10.0. The second-order valence-corrected chi connectivity index (χ2v) is 5.92. The van der Waals surface area contributed by atoms with E-state index in [1.807, 2.05) is 44.2 Å². The van der Waals surface area contributed by atoms with Crippen molar-refractivity contribution in [3.63, 3.8) is 0 Å². The lowest BCUT2D eigenvalue weighted by Crippen LogP contribution is -2.60. The molecule has 0 aliphatic carbocycles. The second kappa shape index (κ2) is 6.37. The Morgan fingerprint density at radius 1 is 1.30 bits per heavy atom. The fourth-order valence-electron chi connectivity index (χ4n) is 3.00. The van der Waals surface area contributed by atoms with Crippen molar-refractivity contribution in [3.8, 4) is 0 Å². The van der Waals surface area contributed by atoms with E-state index in [0.29, 0.717) is 6.54 Å². The lowest BCUT2D eigenvalue weighted by molar-refractivity contribution is -0.126. The van der Waals surface area contributed by atoms with Crippen molar-refractivity contribution < 1.29 is 4.79 Å². The van der Waals surface area contributed by atoms with Crippen LogP contribution in [0, 0.1) is 0 Å². The van der Waals surface area contributed by atoms with Crippen LogP contribution in [0.3, 0.4) is 0 Å². The van der Waals surface area contributed by atoms with Crippen molar-refractivity contribution in [2.75, 3.05) is 19.6 Å². The van der Waals surface area contributed by atoms with E-state index >= 15 is 0 Å². The highest BCUT2D eigenvalue weighted by Gasteiger charge is 2.40. The monoisotopic (exact) mass is 275 g/mol. The summed E-state index contributed by atoms with van der Waals surface area (Å²) in [5.74, 6) is -0.302. The number of carbonyl (C=O) groups excluding carboxylic acids is 1. The van der Waals surface area contributed by atoms with Crippen LogP contribution in [0.1, 0.15) is 32.3 Å². The molecule has 4 heteroatoms. The minimum Gasteiger partial charge on any atom is -0.368 e. The maximum Gasteiger partial charge on any atom is 0.243 e. The zero-order valence-electron chi connectivity index (χ0n) is 12.4. The predicted octanol–water partition coefficient (Wildman–Crippen LogP) is 1.46. The first-order chi connectivity index (χ1) is 9.54. The second-order valence-electron chi connectivity index (χ2n) is 5.92. The number of rotatable bonds is 6. The van der Waals surface area contributed by atoms with Gasteiger partial charge < -0.3 is 10.6 Å². The Hall–Kier alpha value is -1.39. The van der Waals surface area contributed by atoms with Crippen molar-refractivity contribution in [3.05, 3.63) is 35.9 Å². The van der Waals surface area contributed by atoms with Crippen molar-refractivity contribution in [1.82, 2.24) is 10.2 Å². The molecular weight excluding hydrogens is 250 g/mol. The van der Waals surface area contributed by atoms with Gasteiger partial charge in [0.15, 0.2) is 0 Å². The maximum absolute atomic E-state index is 12.3. The smallest absolute Gasteiger partial charge is 0.243 e. The highest BCUT2D eigenvalue weighted by Crippen LogP contribution is 2.25. The summed E-state index contributed by atoms with van der Waals surface area (Å²) in [5.41, 5.74) is 5.95. The van der Waals surface area contributed by atoms with Gasteiger partial charge in [0.2, 0.25) is 5.91 Å². The van der Waals surface area contributed by atoms with Crippen LogP contribution in [-0.4, -0.2) is 36.5 Å². The van der Waals surface area contributed by atoms with Crippen LogP contribution < -0.4 is 11.1 Å². The van der Waals surface area contributed by atoms with E-state index in [1.54, 1.807) is 0 Å². The molecule has 1 aromatic rings. The number of benzene rings is 1. The average molecular weight is 275 g/mol. The van der Waals surface area contributed by atoms with Gasteiger partial charge in [-0.1, -0.05) is 30.3 Å². The van der Waals surface area contributed by atoms with Crippen molar-refractivity contribution in [1.29, 1.82) is 0 Å². The average Bonchev–Trinajstić information content (AvgIpc) is 2.91. The molecule has 1 heterocycles. The summed E-state index contributed by atoms with van der Waals surface area (Å²) in [6.45, 7) is 6.82. The number of hydrogen-bond donors (Lipinski definition) is 2. The molecule has 0 saturated carbocycles. The number of nitrogens with two attached hydrogens (primary N) is 1. The first kappa shape index (κ1) is 15.0. The summed E-state index contributed by atoms with van der Waals surface area (Å²) >= 11 is 0. The topological polar surface area (TPSA) is 58.4 Å². The van der Waals surface area contributed by atoms with E-state index in [1.165, 1.54) is 12.8 Å². The molecule has 110 valence electrons. The quantitative estimate of drug-likeness (QED) is 0.826. The highest BCUT2D eigenvalue weighted by molar-refractivity contribution is 5.86. The largest absolute Gasteiger partial charge is 0.368 e. The Balaban J connectivity index is 2.35. The Kier molecular flexibility index (Phi) is 4.78. The van der Waals surface area contributed by atoms with Gasteiger partial charge in [-0.05, 0) is 45.3 Å². The van der Waals surface area contributed by atoms with Gasteiger partial charge in [0.25, 0.3) is 0 Å². The molecule has 0 aromatic heterocycles. The number of carbonyl (C=O) groups is 1. The van der Waals surface area contributed by atoms with E-state index in [2.05, 4.69) is 10.2 Å². The lowest BCUT2D eigenvalue weighted by Gasteiger charge is -2.37. The van der Waals surface area contributed by atoms with E-state index in [9.17, 15) is 4.79 Å². The number of nitrogens with zero attached hydrogens (tertiary/aromatic N) is 1. The third-order valence-corrected chi connectivity index (χ3v) is 3.88. The molecule has 0 bridgehead atoms. The Bertz CT molecular complexity index is 440. The molecule has 4 nitrogen and oxygen atoms in total. The fraction of sp³-hybridized carbons (Fsp3) is 0.562. The Morgan fingerprint density at radius 3 is 2.40 bits per heavy atom. The molecule has 1 aliphatic rings. The van der Waals surface area contributed by atoms with Crippen LogP contribution in [0.4, 0.5) is 0 Å². The standard InChI is InChI=1S/C16H25N3O/c1-13(2)18-16(15(17)20,12-19-10-6-7-11-19)14-8-4-3-5-9-14/h3-5,8-9,13,18H,6-7,10-12H2,1-2H3,(H2,17,20). The summed E-state index contributed by atoms with van der Waals surface area (Å²) in [5, 5.41) is 3.42. The number of nitrogens with one attached hydrogen (secondary N) is 1. The molecule has 1 aromatic carbocycles. The number of amides is 1. The zero-order chi connectivity index (χ0) is 14.6. The van der Waals surface area contributed by atoms with Crippen molar-refractivity contribution in [2.24, 2.45) is 5.73 Å².